The minimum absolute atomic E-state index is 0.323. The number of carbonyl (C=O) groups is 2. The zero-order valence-electron chi connectivity index (χ0n) is 16.9. The number of imide groups is 1. The van der Waals surface area contributed by atoms with Crippen molar-refractivity contribution in [2.24, 2.45) is 0 Å². The molecule has 0 fully saturated rings. The van der Waals surface area contributed by atoms with Crippen molar-refractivity contribution in [3.05, 3.63) is 95.7 Å². The average molecular weight is 404 g/mol. The van der Waals surface area contributed by atoms with Crippen LogP contribution in [0.4, 0.5) is 0 Å². The van der Waals surface area contributed by atoms with Crippen molar-refractivity contribution >= 4 is 33.9 Å². The van der Waals surface area contributed by atoms with Gasteiger partial charge < -0.3 is 4.57 Å². The molecular weight excluding hydrogens is 384 g/mol. The van der Waals surface area contributed by atoms with Crippen LogP contribution in [0.3, 0.4) is 0 Å². The number of rotatable bonds is 3. The van der Waals surface area contributed by atoms with Gasteiger partial charge >= 0.3 is 0 Å². The van der Waals surface area contributed by atoms with Gasteiger partial charge in [-0.2, -0.15) is 0 Å². The molecule has 0 spiro atoms. The first-order chi connectivity index (χ1) is 15.2. The van der Waals surface area contributed by atoms with Gasteiger partial charge in [0.2, 0.25) is 0 Å². The molecule has 4 heteroatoms. The van der Waals surface area contributed by atoms with Crippen molar-refractivity contribution in [2.75, 3.05) is 0 Å². The Morgan fingerprint density at radius 3 is 2.23 bits per heavy atom. The molecule has 2 aliphatic heterocycles. The van der Waals surface area contributed by atoms with Crippen molar-refractivity contribution in [3.8, 4) is 11.1 Å². The number of amides is 2. The molecule has 1 N–H and O–H groups in total. The number of aryl methyl sites for hydroxylation is 2. The van der Waals surface area contributed by atoms with Crippen molar-refractivity contribution in [2.45, 2.75) is 19.4 Å². The molecular formula is C27H20N2O2. The van der Waals surface area contributed by atoms with Gasteiger partial charge in [-0.05, 0) is 35.1 Å². The van der Waals surface area contributed by atoms with Crippen LogP contribution >= 0.6 is 0 Å². The second-order valence-electron chi connectivity index (χ2n) is 8.13. The quantitative estimate of drug-likeness (QED) is 0.498. The highest BCUT2D eigenvalue weighted by atomic mass is 16.2. The molecule has 0 radical (unpaired) electrons. The second kappa shape index (κ2) is 6.81. The normalized spacial score (nSPS) is 15.6. The first-order valence-electron chi connectivity index (χ1n) is 10.6. The van der Waals surface area contributed by atoms with E-state index in [0.717, 1.165) is 47.0 Å². The maximum absolute atomic E-state index is 12.9. The summed E-state index contributed by atoms with van der Waals surface area (Å²) in [5, 5.41) is 3.56. The van der Waals surface area contributed by atoms with Gasteiger partial charge in [0.25, 0.3) is 11.8 Å². The summed E-state index contributed by atoms with van der Waals surface area (Å²) in [6.07, 6.45) is 4.16. The summed E-state index contributed by atoms with van der Waals surface area (Å²) in [5.41, 5.74) is 7.19. The molecule has 2 aliphatic rings. The van der Waals surface area contributed by atoms with E-state index in [2.05, 4.69) is 34.1 Å². The van der Waals surface area contributed by atoms with Crippen LogP contribution in [0.1, 0.15) is 23.1 Å². The van der Waals surface area contributed by atoms with Gasteiger partial charge in [0.1, 0.15) is 0 Å². The standard InChI is InChI=1S/C27H20N2O2/c30-26-23(19-13-11-18(12-14-19)17-6-2-1-3-7-17)24(27(31)28-26)22-16-29-15-5-9-20-8-4-10-21(22)25(20)29/h1-4,6-8,10-14,16H,5,9,15H2,(H,28,30,31). The van der Waals surface area contributed by atoms with Crippen LogP contribution in [0.15, 0.2) is 79.0 Å². The Morgan fingerprint density at radius 1 is 0.710 bits per heavy atom. The van der Waals surface area contributed by atoms with E-state index in [1.165, 1.54) is 11.1 Å². The van der Waals surface area contributed by atoms with Gasteiger partial charge in [-0.15, -0.1) is 0 Å². The number of nitrogens with one attached hydrogen (secondary N) is 1. The van der Waals surface area contributed by atoms with E-state index in [-0.39, 0.29) is 11.8 Å². The van der Waals surface area contributed by atoms with E-state index in [9.17, 15) is 9.59 Å². The van der Waals surface area contributed by atoms with Gasteiger partial charge in [-0.1, -0.05) is 72.8 Å². The summed E-state index contributed by atoms with van der Waals surface area (Å²) in [7, 11) is 0. The molecule has 4 nitrogen and oxygen atoms in total. The lowest BCUT2D eigenvalue weighted by atomic mass is 9.94. The first-order valence-corrected chi connectivity index (χ1v) is 10.6. The third-order valence-electron chi connectivity index (χ3n) is 6.31. The Hall–Kier alpha value is -3.92. The fourth-order valence-electron chi connectivity index (χ4n) is 4.90. The molecule has 0 bridgehead atoms. The molecule has 0 aliphatic carbocycles. The lowest BCUT2D eigenvalue weighted by Gasteiger charge is -2.14. The number of aromatic nitrogens is 1. The van der Waals surface area contributed by atoms with E-state index in [1.54, 1.807) is 0 Å². The first kappa shape index (κ1) is 17.9. The Kier molecular flexibility index (Phi) is 3.93. The number of hydrogen-bond acceptors (Lipinski definition) is 2. The fraction of sp³-hybridized carbons (Fsp3) is 0.111. The molecule has 4 aromatic rings. The van der Waals surface area contributed by atoms with E-state index in [4.69, 9.17) is 0 Å². The van der Waals surface area contributed by atoms with Crippen LogP contribution in [-0.2, 0) is 22.6 Å². The number of carbonyl (C=O) groups excluding carboxylic acids is 2. The van der Waals surface area contributed by atoms with Gasteiger partial charge in [0.05, 0.1) is 16.7 Å². The molecule has 0 saturated carbocycles. The van der Waals surface area contributed by atoms with Crippen LogP contribution in [-0.4, -0.2) is 16.4 Å². The van der Waals surface area contributed by atoms with Gasteiger partial charge in [-0.3, -0.25) is 14.9 Å². The van der Waals surface area contributed by atoms with Crippen LogP contribution in [0, 0.1) is 0 Å². The molecule has 0 atom stereocenters. The van der Waals surface area contributed by atoms with E-state index >= 15 is 0 Å². The van der Waals surface area contributed by atoms with E-state index in [1.807, 2.05) is 54.7 Å². The molecule has 3 heterocycles. The third-order valence-corrected chi connectivity index (χ3v) is 6.31. The smallest absolute Gasteiger partial charge is 0.259 e. The number of hydrogen-bond donors (Lipinski definition) is 1. The molecule has 31 heavy (non-hydrogen) atoms. The molecule has 1 aromatic heterocycles. The lowest BCUT2D eigenvalue weighted by Crippen LogP contribution is -2.22. The molecule has 2 amide bonds. The van der Waals surface area contributed by atoms with Crippen molar-refractivity contribution in [1.82, 2.24) is 9.88 Å². The second-order valence-corrected chi connectivity index (χ2v) is 8.13. The number of nitrogens with zero attached hydrogens (tertiary/aromatic N) is 1. The summed E-state index contributed by atoms with van der Waals surface area (Å²) in [4.78, 5) is 25.7. The Morgan fingerprint density at radius 2 is 1.42 bits per heavy atom. The summed E-state index contributed by atoms with van der Waals surface area (Å²) >= 11 is 0. The Labute approximate surface area is 179 Å². The summed E-state index contributed by atoms with van der Waals surface area (Å²) in [6.45, 7) is 0.928. The van der Waals surface area contributed by atoms with Crippen molar-refractivity contribution in [3.63, 3.8) is 0 Å². The minimum Gasteiger partial charge on any atom is -0.347 e. The van der Waals surface area contributed by atoms with Gasteiger partial charge in [0.15, 0.2) is 0 Å². The zero-order chi connectivity index (χ0) is 20.9. The van der Waals surface area contributed by atoms with E-state index < -0.39 is 0 Å². The van der Waals surface area contributed by atoms with Gasteiger partial charge in [-0.25, -0.2) is 0 Å². The summed E-state index contributed by atoms with van der Waals surface area (Å²) < 4.78 is 2.22. The predicted molar refractivity (Wildman–Crippen MR) is 122 cm³/mol. The lowest BCUT2D eigenvalue weighted by molar-refractivity contribution is -0.122. The molecule has 150 valence electrons. The topological polar surface area (TPSA) is 51.1 Å². The highest BCUT2D eigenvalue weighted by molar-refractivity contribution is 6.50. The molecule has 0 unspecified atom stereocenters. The van der Waals surface area contributed by atoms with Crippen LogP contribution < -0.4 is 5.32 Å². The van der Waals surface area contributed by atoms with Gasteiger partial charge in [0, 0.05) is 23.7 Å². The minimum atomic E-state index is -0.334. The van der Waals surface area contributed by atoms with Crippen molar-refractivity contribution in [1.29, 1.82) is 0 Å². The fourth-order valence-corrected chi connectivity index (χ4v) is 4.90. The average Bonchev–Trinajstić information content (AvgIpc) is 3.32. The Bertz CT molecular complexity index is 1390. The van der Waals surface area contributed by atoms with E-state index in [0.29, 0.717) is 11.1 Å². The zero-order valence-corrected chi connectivity index (χ0v) is 16.9. The maximum atomic E-state index is 12.9. The highest BCUT2D eigenvalue weighted by Gasteiger charge is 2.34. The predicted octanol–water partition coefficient (Wildman–Crippen LogP) is 4.82. The largest absolute Gasteiger partial charge is 0.347 e. The van der Waals surface area contributed by atoms with Crippen LogP contribution in [0.25, 0.3) is 33.2 Å². The SMILES string of the molecule is O=C1NC(=O)C(c2cn3c4c(cccc24)CCC3)=C1c1ccc(-c2ccccc2)cc1. The number of para-hydroxylation sites is 1. The maximum Gasteiger partial charge on any atom is 0.259 e. The Balaban J connectivity index is 1.53. The van der Waals surface area contributed by atoms with Crippen molar-refractivity contribution < 1.29 is 9.59 Å². The summed E-state index contributed by atoms with van der Waals surface area (Å²) in [6, 6.07) is 24.2. The molecule has 3 aromatic carbocycles. The van der Waals surface area contributed by atoms with Crippen LogP contribution in [0.2, 0.25) is 0 Å². The summed E-state index contributed by atoms with van der Waals surface area (Å²) in [5.74, 6) is -0.657. The number of benzene rings is 3. The molecule has 0 saturated heterocycles. The molecule has 6 rings (SSSR count). The monoisotopic (exact) mass is 404 g/mol. The highest BCUT2D eigenvalue weighted by Crippen LogP contribution is 2.38. The third kappa shape index (κ3) is 2.76. The van der Waals surface area contributed by atoms with Crippen LogP contribution in [0.5, 0.6) is 0 Å².